The summed E-state index contributed by atoms with van der Waals surface area (Å²) in [6.07, 6.45) is 9.30. The van der Waals surface area contributed by atoms with E-state index in [0.29, 0.717) is 4.58 Å². The predicted octanol–water partition coefficient (Wildman–Crippen LogP) is 3.64. The maximum absolute atomic E-state index is 5.84. The van der Waals surface area contributed by atoms with Crippen LogP contribution in [0.1, 0.15) is 17.5 Å². The first kappa shape index (κ1) is 14.7. The van der Waals surface area contributed by atoms with Crippen molar-refractivity contribution in [2.75, 3.05) is 18.1 Å². The molecule has 3 nitrogen and oxygen atoms in total. The molecule has 3 heterocycles. The molecule has 1 aliphatic rings. The smallest absolute Gasteiger partial charge is 0.137 e. The molecule has 0 spiro atoms. The largest absolute Gasteiger partial charge is 0.492 e. The summed E-state index contributed by atoms with van der Waals surface area (Å²) in [6, 6.07) is 6.15. The van der Waals surface area contributed by atoms with Crippen molar-refractivity contribution in [3.63, 3.8) is 0 Å². The van der Waals surface area contributed by atoms with E-state index in [0.717, 1.165) is 25.2 Å². The maximum Gasteiger partial charge on any atom is 0.137 e. The molecule has 2 aromatic heterocycles. The number of hydrogen-bond acceptors (Lipinski definition) is 5. The molecule has 0 radical (unpaired) electrons. The van der Waals surface area contributed by atoms with E-state index in [1.165, 1.54) is 22.6 Å². The van der Waals surface area contributed by atoms with Gasteiger partial charge in [-0.1, -0.05) is 0 Å². The Balaban J connectivity index is 1.53. The van der Waals surface area contributed by atoms with Crippen molar-refractivity contribution in [2.24, 2.45) is 0 Å². The van der Waals surface area contributed by atoms with Crippen LogP contribution >= 0.6 is 23.5 Å². The summed E-state index contributed by atoms with van der Waals surface area (Å²) in [4.78, 5) is 8.32. The molecular formula is C16H18N2OS2. The zero-order valence-corrected chi connectivity index (χ0v) is 13.4. The third kappa shape index (κ3) is 4.64. The average Bonchev–Trinajstić information content (AvgIpc) is 3.02. The fourth-order valence-corrected chi connectivity index (χ4v) is 5.01. The standard InChI is InChI=1S/C16H18N2OS2/c1-4-17-5-2-13(1)9-14-10-15(12-18-11-14)19-6-3-16-20-7-8-21-16/h1-2,4-5,10-12,16H,3,6-9H2. The molecule has 0 aromatic carbocycles. The molecule has 1 aliphatic heterocycles. The van der Waals surface area contributed by atoms with Crippen LogP contribution in [0.3, 0.4) is 0 Å². The predicted molar refractivity (Wildman–Crippen MR) is 90.1 cm³/mol. The minimum atomic E-state index is 0.706. The van der Waals surface area contributed by atoms with Crippen LogP contribution in [-0.2, 0) is 6.42 Å². The van der Waals surface area contributed by atoms with Crippen LogP contribution in [-0.4, -0.2) is 32.7 Å². The van der Waals surface area contributed by atoms with Crippen LogP contribution in [0.25, 0.3) is 0 Å². The molecule has 0 unspecified atom stereocenters. The Kier molecular flexibility index (Phi) is 5.40. The van der Waals surface area contributed by atoms with Crippen molar-refractivity contribution in [2.45, 2.75) is 17.4 Å². The molecule has 0 atom stereocenters. The summed E-state index contributed by atoms with van der Waals surface area (Å²) in [7, 11) is 0. The number of nitrogens with zero attached hydrogens (tertiary/aromatic N) is 2. The first-order valence-corrected chi connectivity index (χ1v) is 9.19. The molecule has 1 saturated heterocycles. The van der Waals surface area contributed by atoms with E-state index in [9.17, 15) is 0 Å². The average molecular weight is 318 g/mol. The minimum absolute atomic E-state index is 0.706. The summed E-state index contributed by atoms with van der Waals surface area (Å²) in [5, 5.41) is 0. The van der Waals surface area contributed by atoms with Crippen molar-refractivity contribution in [3.05, 3.63) is 54.1 Å². The first-order valence-electron chi connectivity index (χ1n) is 7.09. The van der Waals surface area contributed by atoms with E-state index in [1.807, 2.05) is 54.2 Å². The number of hydrogen-bond donors (Lipinski definition) is 0. The lowest BCUT2D eigenvalue weighted by atomic mass is 10.1. The summed E-state index contributed by atoms with van der Waals surface area (Å²) in [5.41, 5.74) is 2.41. The van der Waals surface area contributed by atoms with Gasteiger partial charge in [0.25, 0.3) is 0 Å². The zero-order chi connectivity index (χ0) is 14.3. The van der Waals surface area contributed by atoms with Crippen molar-refractivity contribution in [3.8, 4) is 5.75 Å². The van der Waals surface area contributed by atoms with E-state index in [1.54, 1.807) is 6.20 Å². The molecule has 110 valence electrons. The van der Waals surface area contributed by atoms with Gasteiger partial charge in [0.15, 0.2) is 0 Å². The maximum atomic E-state index is 5.84. The third-order valence-corrected chi connectivity index (χ3v) is 6.41. The van der Waals surface area contributed by atoms with Crippen molar-refractivity contribution in [1.29, 1.82) is 0 Å². The van der Waals surface area contributed by atoms with Gasteiger partial charge in [0.05, 0.1) is 17.4 Å². The van der Waals surface area contributed by atoms with Crippen LogP contribution in [0.4, 0.5) is 0 Å². The summed E-state index contributed by atoms with van der Waals surface area (Å²) < 4.78 is 6.55. The molecule has 21 heavy (non-hydrogen) atoms. The minimum Gasteiger partial charge on any atom is -0.492 e. The Morgan fingerprint density at radius 3 is 2.67 bits per heavy atom. The molecule has 1 fully saturated rings. The second-order valence-electron chi connectivity index (χ2n) is 4.87. The fraction of sp³-hybridized carbons (Fsp3) is 0.375. The summed E-state index contributed by atoms with van der Waals surface area (Å²) in [6.45, 7) is 0.769. The first-order chi connectivity index (χ1) is 10.4. The van der Waals surface area contributed by atoms with Crippen molar-refractivity contribution in [1.82, 2.24) is 9.97 Å². The quantitative estimate of drug-likeness (QED) is 0.812. The van der Waals surface area contributed by atoms with E-state index < -0.39 is 0 Å². The van der Waals surface area contributed by atoms with Gasteiger partial charge in [0.1, 0.15) is 5.75 Å². The number of rotatable bonds is 6. The SMILES string of the molecule is c1cc(Cc2cncc(OCCC3SCCS3)c2)ccn1. The third-order valence-electron chi connectivity index (χ3n) is 3.24. The number of aromatic nitrogens is 2. The Labute approximate surface area is 133 Å². The fourth-order valence-electron chi connectivity index (χ4n) is 2.22. The molecule has 3 rings (SSSR count). The topological polar surface area (TPSA) is 35.0 Å². The molecule has 2 aromatic rings. The van der Waals surface area contributed by atoms with Gasteiger partial charge in [-0.3, -0.25) is 9.97 Å². The van der Waals surface area contributed by atoms with E-state index in [-0.39, 0.29) is 0 Å². The Hall–Kier alpha value is -1.20. The number of ether oxygens (including phenoxy) is 1. The highest BCUT2D eigenvalue weighted by Gasteiger charge is 2.15. The number of pyridine rings is 2. The monoisotopic (exact) mass is 318 g/mol. The van der Waals surface area contributed by atoms with E-state index in [2.05, 4.69) is 16.0 Å². The highest BCUT2D eigenvalue weighted by Crippen LogP contribution is 2.34. The molecule has 0 saturated carbocycles. The molecule has 0 aliphatic carbocycles. The van der Waals surface area contributed by atoms with Gasteiger partial charge >= 0.3 is 0 Å². The summed E-state index contributed by atoms with van der Waals surface area (Å²) in [5.74, 6) is 3.42. The number of thioether (sulfide) groups is 2. The summed E-state index contributed by atoms with van der Waals surface area (Å²) >= 11 is 4.09. The van der Waals surface area contributed by atoms with E-state index in [4.69, 9.17) is 4.74 Å². The van der Waals surface area contributed by atoms with Gasteiger partial charge in [-0.25, -0.2) is 0 Å². The van der Waals surface area contributed by atoms with Crippen LogP contribution in [0.2, 0.25) is 0 Å². The van der Waals surface area contributed by atoms with Crippen LogP contribution in [0.15, 0.2) is 43.0 Å². The second kappa shape index (κ2) is 7.71. The normalized spacial score (nSPS) is 15.2. The molecule has 5 heteroatoms. The Morgan fingerprint density at radius 2 is 1.86 bits per heavy atom. The van der Waals surface area contributed by atoms with Gasteiger partial charge in [0, 0.05) is 36.5 Å². The van der Waals surface area contributed by atoms with Crippen LogP contribution < -0.4 is 4.74 Å². The zero-order valence-electron chi connectivity index (χ0n) is 11.8. The molecule has 0 N–H and O–H groups in total. The van der Waals surface area contributed by atoms with Crippen LogP contribution in [0, 0.1) is 0 Å². The molecular weight excluding hydrogens is 300 g/mol. The Morgan fingerprint density at radius 1 is 1.05 bits per heavy atom. The second-order valence-corrected chi connectivity index (χ2v) is 7.79. The van der Waals surface area contributed by atoms with Crippen molar-refractivity contribution >= 4 is 23.5 Å². The van der Waals surface area contributed by atoms with Gasteiger partial charge in [-0.2, -0.15) is 0 Å². The molecule has 0 amide bonds. The van der Waals surface area contributed by atoms with Crippen LogP contribution in [0.5, 0.6) is 5.75 Å². The Bertz CT molecular complexity index is 559. The molecule has 0 bridgehead atoms. The lowest BCUT2D eigenvalue weighted by molar-refractivity contribution is 0.315. The highest BCUT2D eigenvalue weighted by molar-refractivity contribution is 8.20. The van der Waals surface area contributed by atoms with E-state index >= 15 is 0 Å². The van der Waals surface area contributed by atoms with Gasteiger partial charge in [-0.05, 0) is 35.7 Å². The van der Waals surface area contributed by atoms with Gasteiger partial charge in [-0.15, -0.1) is 23.5 Å². The van der Waals surface area contributed by atoms with Gasteiger partial charge < -0.3 is 4.74 Å². The van der Waals surface area contributed by atoms with Crippen molar-refractivity contribution < 1.29 is 4.74 Å². The highest BCUT2D eigenvalue weighted by atomic mass is 32.2. The lowest BCUT2D eigenvalue weighted by Gasteiger charge is -2.10. The van der Waals surface area contributed by atoms with Gasteiger partial charge in [0.2, 0.25) is 0 Å². The lowest BCUT2D eigenvalue weighted by Crippen LogP contribution is -2.04.